The van der Waals surface area contributed by atoms with Crippen LogP contribution in [0.1, 0.15) is 29.5 Å². The number of halogens is 4. The Morgan fingerprint density at radius 3 is 2.41 bits per heavy atom. The van der Waals surface area contributed by atoms with Crippen molar-refractivity contribution in [2.24, 2.45) is 0 Å². The number of aromatic nitrogens is 1. The minimum atomic E-state index is -5.12. The van der Waals surface area contributed by atoms with E-state index in [0.29, 0.717) is 35.5 Å². The summed E-state index contributed by atoms with van der Waals surface area (Å²) in [5.74, 6) is -0.836. The summed E-state index contributed by atoms with van der Waals surface area (Å²) in [4.78, 5) is 23.3. The molecule has 0 bridgehead atoms. The molecule has 0 aliphatic carbocycles. The molecule has 4 aromatic rings. The van der Waals surface area contributed by atoms with Crippen LogP contribution in [0, 0.1) is 15.9 Å². The van der Waals surface area contributed by atoms with E-state index in [0.717, 1.165) is 18.3 Å². The van der Waals surface area contributed by atoms with Crippen molar-refractivity contribution >= 4 is 22.6 Å². The van der Waals surface area contributed by atoms with Gasteiger partial charge in [0, 0.05) is 55.5 Å². The molecule has 2 N–H and O–H groups in total. The first-order valence-corrected chi connectivity index (χ1v) is 14.4. The van der Waals surface area contributed by atoms with Gasteiger partial charge in [0.2, 0.25) is 5.60 Å². The lowest BCUT2D eigenvalue weighted by molar-refractivity contribution is -0.384. The van der Waals surface area contributed by atoms with Crippen LogP contribution in [0.5, 0.6) is 11.5 Å². The van der Waals surface area contributed by atoms with Crippen molar-refractivity contribution < 1.29 is 47.0 Å². The van der Waals surface area contributed by atoms with Crippen LogP contribution in [-0.4, -0.2) is 69.6 Å². The number of non-ortho nitro benzene ring substituents is 1. The smallest absolute Gasteiger partial charge is 0.422 e. The first kappa shape index (κ1) is 32.7. The normalized spacial score (nSPS) is 15.9. The van der Waals surface area contributed by atoms with E-state index in [2.05, 4.69) is 0 Å². The first-order chi connectivity index (χ1) is 21.8. The molecule has 0 radical (unpaired) electrons. The number of carbonyl (C=O) groups is 1. The number of hydrogen-bond acceptors (Lipinski definition) is 7. The summed E-state index contributed by atoms with van der Waals surface area (Å²) >= 11 is 0. The molecule has 0 saturated carbocycles. The monoisotopic (exact) mass is 645 g/mol. The Morgan fingerprint density at radius 2 is 1.78 bits per heavy atom. The molecule has 1 fully saturated rings. The van der Waals surface area contributed by atoms with Crippen molar-refractivity contribution in [3.8, 4) is 11.5 Å². The van der Waals surface area contributed by atoms with Gasteiger partial charge in [-0.2, -0.15) is 13.2 Å². The average Bonchev–Trinajstić information content (AvgIpc) is 3.36. The Kier molecular flexibility index (Phi) is 9.22. The summed E-state index contributed by atoms with van der Waals surface area (Å²) in [5.41, 5.74) is -3.13. The molecular formula is C32H31F4N3O7. The van der Waals surface area contributed by atoms with E-state index in [4.69, 9.17) is 14.6 Å². The number of rotatable bonds is 11. The SMILES string of the molecule is COc1cc(CC(=O)O)ccc1OC1CCN(CC(O)(c2cn(Cc3cccc(F)c3)c3cc([N+](=O)[O-])ccc23)C(F)(F)F)CC1. The second kappa shape index (κ2) is 13.0. The van der Waals surface area contributed by atoms with E-state index in [-0.39, 0.29) is 48.7 Å². The minimum Gasteiger partial charge on any atom is -0.493 e. The third-order valence-electron chi connectivity index (χ3n) is 8.10. The van der Waals surface area contributed by atoms with Crippen molar-refractivity contribution in [3.63, 3.8) is 0 Å². The van der Waals surface area contributed by atoms with Gasteiger partial charge in [0.15, 0.2) is 11.5 Å². The Morgan fingerprint density at radius 1 is 1.04 bits per heavy atom. The van der Waals surface area contributed by atoms with Crippen molar-refractivity contribution in [2.45, 2.75) is 43.7 Å². The number of nitro benzene ring substituents is 1. The summed E-state index contributed by atoms with van der Waals surface area (Å²) in [5, 5.41) is 32.0. The van der Waals surface area contributed by atoms with Crippen LogP contribution < -0.4 is 9.47 Å². The van der Waals surface area contributed by atoms with E-state index < -0.39 is 40.6 Å². The maximum atomic E-state index is 14.8. The quantitative estimate of drug-likeness (QED) is 0.122. The number of piperidine rings is 1. The molecule has 1 aromatic heterocycles. The number of benzene rings is 3. The summed E-state index contributed by atoms with van der Waals surface area (Å²) in [6, 6.07) is 13.6. The maximum Gasteiger partial charge on any atom is 0.422 e. The van der Waals surface area contributed by atoms with E-state index in [9.17, 15) is 37.6 Å². The van der Waals surface area contributed by atoms with Crippen LogP contribution >= 0.6 is 0 Å². The fourth-order valence-electron chi connectivity index (χ4n) is 5.80. The van der Waals surface area contributed by atoms with Crippen molar-refractivity contribution in [1.29, 1.82) is 0 Å². The highest BCUT2D eigenvalue weighted by molar-refractivity contribution is 5.87. The molecular weight excluding hydrogens is 614 g/mol. The third-order valence-corrected chi connectivity index (χ3v) is 8.10. The van der Waals surface area contributed by atoms with Crippen LogP contribution in [0.4, 0.5) is 23.2 Å². The molecule has 1 aliphatic rings. The molecule has 0 amide bonds. The molecule has 3 aromatic carbocycles. The number of carboxylic acids is 1. The van der Waals surface area contributed by atoms with Crippen LogP contribution in [0.2, 0.25) is 0 Å². The number of fused-ring (bicyclic) bond motifs is 1. The number of alkyl halides is 3. The zero-order chi connectivity index (χ0) is 33.2. The molecule has 2 heterocycles. The molecule has 1 unspecified atom stereocenters. The number of ether oxygens (including phenoxy) is 2. The number of methoxy groups -OCH3 is 1. The van der Waals surface area contributed by atoms with Gasteiger partial charge in [-0.05, 0) is 54.3 Å². The van der Waals surface area contributed by atoms with Crippen LogP contribution in [0.3, 0.4) is 0 Å². The highest BCUT2D eigenvalue weighted by Crippen LogP contribution is 2.44. The van der Waals surface area contributed by atoms with Gasteiger partial charge in [0.05, 0.1) is 24.0 Å². The molecule has 46 heavy (non-hydrogen) atoms. The van der Waals surface area contributed by atoms with Crippen LogP contribution in [-0.2, 0) is 23.4 Å². The number of likely N-dealkylation sites (tertiary alicyclic amines) is 1. The molecule has 244 valence electrons. The van der Waals surface area contributed by atoms with Gasteiger partial charge in [-0.25, -0.2) is 4.39 Å². The molecule has 1 saturated heterocycles. The first-order valence-electron chi connectivity index (χ1n) is 14.4. The number of carboxylic acid groups (broad SMARTS) is 1. The van der Waals surface area contributed by atoms with Crippen molar-refractivity contribution in [3.05, 3.63) is 99.5 Å². The highest BCUT2D eigenvalue weighted by Gasteiger charge is 2.57. The number of hydrogen-bond donors (Lipinski definition) is 2. The minimum absolute atomic E-state index is 0.0153. The molecule has 0 spiro atoms. The number of β-amino-alcohol motifs (C(OH)–C–C–N with tert-alkyl or cyclic N) is 1. The third kappa shape index (κ3) is 6.92. The van der Waals surface area contributed by atoms with E-state index in [1.807, 2.05) is 0 Å². The van der Waals surface area contributed by atoms with Gasteiger partial charge in [0.25, 0.3) is 5.69 Å². The van der Waals surface area contributed by atoms with E-state index in [1.54, 1.807) is 24.3 Å². The zero-order valence-electron chi connectivity index (χ0n) is 24.7. The van der Waals surface area contributed by atoms with Crippen LogP contribution in [0.25, 0.3) is 10.9 Å². The molecule has 10 nitrogen and oxygen atoms in total. The highest BCUT2D eigenvalue weighted by atomic mass is 19.4. The second-order valence-corrected chi connectivity index (χ2v) is 11.3. The fraction of sp³-hybridized carbons (Fsp3) is 0.344. The van der Waals surface area contributed by atoms with Gasteiger partial charge in [-0.1, -0.05) is 18.2 Å². The predicted octanol–water partition coefficient (Wildman–Crippen LogP) is 5.67. The fourth-order valence-corrected chi connectivity index (χ4v) is 5.80. The summed E-state index contributed by atoms with van der Waals surface area (Å²) in [6.45, 7) is -0.564. The molecule has 5 rings (SSSR count). The van der Waals surface area contributed by atoms with Gasteiger partial charge < -0.3 is 24.3 Å². The summed E-state index contributed by atoms with van der Waals surface area (Å²) < 4.78 is 71.1. The van der Waals surface area contributed by atoms with Gasteiger partial charge >= 0.3 is 12.1 Å². The summed E-state index contributed by atoms with van der Waals surface area (Å²) in [7, 11) is 1.42. The van der Waals surface area contributed by atoms with Crippen molar-refractivity contribution in [1.82, 2.24) is 9.47 Å². The Hall–Kier alpha value is -4.69. The molecule has 1 atom stereocenters. The topological polar surface area (TPSA) is 127 Å². The van der Waals surface area contributed by atoms with E-state index >= 15 is 0 Å². The summed E-state index contributed by atoms with van der Waals surface area (Å²) in [6.07, 6.45) is -3.89. The van der Waals surface area contributed by atoms with Gasteiger partial charge in [-0.3, -0.25) is 19.8 Å². The lowest BCUT2D eigenvalue weighted by Crippen LogP contribution is -2.53. The molecule has 1 aliphatic heterocycles. The van der Waals surface area contributed by atoms with Gasteiger partial charge in [0.1, 0.15) is 11.9 Å². The second-order valence-electron chi connectivity index (χ2n) is 11.3. The maximum absolute atomic E-state index is 14.8. The predicted molar refractivity (Wildman–Crippen MR) is 158 cm³/mol. The number of nitro groups is 1. The Bertz CT molecular complexity index is 1750. The number of nitrogens with zero attached hydrogens (tertiary/aromatic N) is 3. The molecule has 14 heteroatoms. The van der Waals surface area contributed by atoms with E-state index in [1.165, 1.54) is 40.8 Å². The zero-order valence-corrected chi connectivity index (χ0v) is 24.7. The Labute approximate surface area is 260 Å². The largest absolute Gasteiger partial charge is 0.493 e. The van der Waals surface area contributed by atoms with Crippen molar-refractivity contribution in [2.75, 3.05) is 26.7 Å². The Balaban J connectivity index is 1.39. The standard InChI is InChI=1S/C32H31F4N3O7/c1-45-29-14-20(15-30(40)41)5-8-28(29)46-24-9-11-37(12-10-24)19-31(42,32(34,35)36)26-18-38(17-21-3-2-4-22(33)13-21)27-16-23(39(43)44)6-7-25(26)27/h2-8,13-14,16,18,24,42H,9-12,15,17,19H2,1H3,(H,40,41). The lowest BCUT2D eigenvalue weighted by atomic mass is 9.91. The average molecular weight is 646 g/mol. The number of aliphatic carboxylic acids is 1. The number of aliphatic hydroxyl groups is 1. The van der Waals surface area contributed by atoms with Gasteiger partial charge in [-0.15, -0.1) is 0 Å². The van der Waals surface area contributed by atoms with Crippen LogP contribution in [0.15, 0.2) is 66.9 Å². The lowest BCUT2D eigenvalue weighted by Gasteiger charge is -2.39.